The van der Waals surface area contributed by atoms with Gasteiger partial charge in [-0.25, -0.2) is 0 Å². The van der Waals surface area contributed by atoms with Gasteiger partial charge in [0.05, 0.1) is 17.3 Å². The lowest BCUT2D eigenvalue weighted by Crippen LogP contribution is -2.13. The van der Waals surface area contributed by atoms with E-state index < -0.39 is 0 Å². The van der Waals surface area contributed by atoms with E-state index in [-0.39, 0.29) is 6.04 Å². The molecular weight excluding hydrogens is 324 g/mol. The number of anilines is 1. The van der Waals surface area contributed by atoms with Crippen molar-refractivity contribution in [3.05, 3.63) is 63.6 Å². The highest BCUT2D eigenvalue weighted by Crippen LogP contribution is 2.43. The van der Waals surface area contributed by atoms with Crippen molar-refractivity contribution in [2.45, 2.75) is 25.8 Å². The summed E-state index contributed by atoms with van der Waals surface area (Å²) in [7, 11) is 0. The molecule has 1 atom stereocenters. The van der Waals surface area contributed by atoms with Crippen LogP contribution in [-0.4, -0.2) is 0 Å². The van der Waals surface area contributed by atoms with Gasteiger partial charge in [-0.15, -0.1) is 0 Å². The Morgan fingerprint density at radius 1 is 1.19 bits per heavy atom. The Labute approximate surface area is 133 Å². The van der Waals surface area contributed by atoms with Gasteiger partial charge in [0.1, 0.15) is 6.07 Å². The van der Waals surface area contributed by atoms with Crippen LogP contribution in [0.5, 0.6) is 0 Å². The first-order valence-corrected chi connectivity index (χ1v) is 7.99. The zero-order valence-electron chi connectivity index (χ0n) is 11.9. The summed E-state index contributed by atoms with van der Waals surface area (Å²) in [5, 5.41) is 12.9. The molecule has 0 spiro atoms. The molecule has 3 heteroatoms. The fourth-order valence-electron chi connectivity index (χ4n) is 2.58. The Balaban J connectivity index is 1.91. The number of nitriles is 1. The highest BCUT2D eigenvalue weighted by molar-refractivity contribution is 9.10. The number of benzene rings is 2. The predicted molar refractivity (Wildman–Crippen MR) is 89.1 cm³/mol. The van der Waals surface area contributed by atoms with Crippen molar-refractivity contribution < 1.29 is 0 Å². The molecule has 2 aromatic carbocycles. The van der Waals surface area contributed by atoms with Gasteiger partial charge in [0.2, 0.25) is 0 Å². The summed E-state index contributed by atoms with van der Waals surface area (Å²) in [5.41, 5.74) is 4.17. The molecule has 3 rings (SSSR count). The summed E-state index contributed by atoms with van der Waals surface area (Å²) >= 11 is 3.48. The second-order valence-corrected chi connectivity index (χ2v) is 6.59. The van der Waals surface area contributed by atoms with Crippen LogP contribution in [0, 0.1) is 24.2 Å². The smallest absolute Gasteiger partial charge is 0.101 e. The fraction of sp³-hybridized carbons (Fsp3) is 0.278. The first kappa shape index (κ1) is 14.2. The molecule has 2 nitrogen and oxygen atoms in total. The van der Waals surface area contributed by atoms with E-state index in [0.29, 0.717) is 11.5 Å². The van der Waals surface area contributed by atoms with Crippen molar-refractivity contribution >= 4 is 21.6 Å². The predicted octanol–water partition coefficient (Wildman–Crippen LogP) is 5.19. The van der Waals surface area contributed by atoms with Gasteiger partial charge < -0.3 is 5.32 Å². The lowest BCUT2D eigenvalue weighted by molar-refractivity contribution is 0.678. The van der Waals surface area contributed by atoms with Gasteiger partial charge in [0.15, 0.2) is 0 Å². The Hall–Kier alpha value is -1.79. The molecule has 0 bridgehead atoms. The van der Waals surface area contributed by atoms with E-state index in [2.05, 4.69) is 58.5 Å². The third kappa shape index (κ3) is 3.28. The molecule has 0 radical (unpaired) electrons. The molecular formula is C18H17BrN2. The summed E-state index contributed by atoms with van der Waals surface area (Å²) < 4.78 is 0.988. The van der Waals surface area contributed by atoms with Gasteiger partial charge in [-0.3, -0.25) is 0 Å². The monoisotopic (exact) mass is 340 g/mol. The second-order valence-electron chi connectivity index (χ2n) is 5.67. The third-order valence-electron chi connectivity index (χ3n) is 3.94. The van der Waals surface area contributed by atoms with Gasteiger partial charge in [-0.2, -0.15) is 5.26 Å². The van der Waals surface area contributed by atoms with E-state index in [4.69, 9.17) is 0 Å². The van der Waals surface area contributed by atoms with E-state index in [1.165, 1.54) is 24.0 Å². The van der Waals surface area contributed by atoms with Crippen molar-refractivity contribution in [1.82, 2.24) is 0 Å². The van der Waals surface area contributed by atoms with Gasteiger partial charge in [-0.05, 0) is 49.4 Å². The summed E-state index contributed by atoms with van der Waals surface area (Å²) in [6.07, 6.45) is 2.50. The number of nitrogens with one attached hydrogen (secondary N) is 1. The van der Waals surface area contributed by atoms with Gasteiger partial charge in [-0.1, -0.05) is 45.8 Å². The summed E-state index contributed by atoms with van der Waals surface area (Å²) in [6.45, 7) is 2.10. The van der Waals surface area contributed by atoms with Crippen LogP contribution >= 0.6 is 15.9 Å². The maximum Gasteiger partial charge on any atom is 0.101 e. The Bertz CT molecular complexity index is 681. The maximum absolute atomic E-state index is 9.28. The molecule has 1 N–H and O–H groups in total. The zero-order valence-corrected chi connectivity index (χ0v) is 13.5. The number of halogens is 1. The number of hydrogen-bond donors (Lipinski definition) is 1. The first-order chi connectivity index (χ1) is 10.2. The van der Waals surface area contributed by atoms with Crippen molar-refractivity contribution in [3.8, 4) is 6.07 Å². The summed E-state index contributed by atoms with van der Waals surface area (Å²) in [6, 6.07) is 17.0. The third-order valence-corrected chi connectivity index (χ3v) is 4.44. The second kappa shape index (κ2) is 5.91. The van der Waals surface area contributed by atoms with Crippen molar-refractivity contribution in [2.24, 2.45) is 5.92 Å². The minimum absolute atomic E-state index is 0.284. The summed E-state index contributed by atoms with van der Waals surface area (Å²) in [5.74, 6) is 0.665. The van der Waals surface area contributed by atoms with Crippen LogP contribution in [-0.2, 0) is 0 Å². The molecule has 1 aliphatic rings. The molecule has 1 fully saturated rings. The van der Waals surface area contributed by atoms with E-state index in [1.54, 1.807) is 0 Å². The van der Waals surface area contributed by atoms with E-state index in [0.717, 1.165) is 10.2 Å². The molecule has 106 valence electrons. The minimum atomic E-state index is 0.284. The number of rotatable bonds is 4. The molecule has 0 aromatic heterocycles. The first-order valence-electron chi connectivity index (χ1n) is 7.20. The molecule has 0 amide bonds. The zero-order chi connectivity index (χ0) is 14.8. The van der Waals surface area contributed by atoms with Crippen molar-refractivity contribution in [3.63, 3.8) is 0 Å². The Kier molecular flexibility index (Phi) is 3.98. The van der Waals surface area contributed by atoms with Crippen LogP contribution in [0.2, 0.25) is 0 Å². The van der Waals surface area contributed by atoms with E-state index in [1.807, 2.05) is 18.2 Å². The fourth-order valence-corrected chi connectivity index (χ4v) is 2.94. The van der Waals surface area contributed by atoms with E-state index in [9.17, 15) is 5.26 Å². The molecule has 0 aliphatic heterocycles. The molecule has 0 heterocycles. The maximum atomic E-state index is 9.28. The molecule has 1 unspecified atom stereocenters. The Morgan fingerprint density at radius 3 is 2.52 bits per heavy atom. The van der Waals surface area contributed by atoms with Crippen LogP contribution in [0.25, 0.3) is 0 Å². The van der Waals surface area contributed by atoms with Gasteiger partial charge in [0.25, 0.3) is 0 Å². The SMILES string of the molecule is Cc1ccc(C(Nc2cc(Br)ccc2C#N)C2CC2)cc1. The van der Waals surface area contributed by atoms with Crippen molar-refractivity contribution in [1.29, 1.82) is 5.26 Å². The quantitative estimate of drug-likeness (QED) is 0.830. The van der Waals surface area contributed by atoms with E-state index >= 15 is 0 Å². The van der Waals surface area contributed by atoms with Crippen LogP contribution < -0.4 is 5.32 Å². The number of aryl methyl sites for hydroxylation is 1. The molecule has 1 saturated carbocycles. The Morgan fingerprint density at radius 2 is 1.90 bits per heavy atom. The lowest BCUT2D eigenvalue weighted by Gasteiger charge is -2.21. The normalized spacial score (nSPS) is 15.3. The number of nitrogens with zero attached hydrogens (tertiary/aromatic N) is 1. The van der Waals surface area contributed by atoms with Gasteiger partial charge >= 0.3 is 0 Å². The topological polar surface area (TPSA) is 35.8 Å². The average molecular weight is 341 g/mol. The standard InChI is InChI=1S/C18H17BrN2/c1-12-2-4-13(5-3-12)18(14-6-7-14)21-17-10-16(19)9-8-15(17)11-20/h2-5,8-10,14,18,21H,6-7H2,1H3. The van der Waals surface area contributed by atoms with Crippen LogP contribution in [0.15, 0.2) is 46.9 Å². The van der Waals surface area contributed by atoms with Crippen LogP contribution in [0.1, 0.15) is 35.6 Å². The highest BCUT2D eigenvalue weighted by Gasteiger charge is 2.32. The molecule has 0 saturated heterocycles. The average Bonchev–Trinajstić information content (AvgIpc) is 3.31. The minimum Gasteiger partial charge on any atom is -0.377 e. The highest BCUT2D eigenvalue weighted by atomic mass is 79.9. The van der Waals surface area contributed by atoms with Crippen LogP contribution in [0.4, 0.5) is 5.69 Å². The lowest BCUT2D eigenvalue weighted by atomic mass is 10.00. The molecule has 21 heavy (non-hydrogen) atoms. The van der Waals surface area contributed by atoms with Crippen LogP contribution in [0.3, 0.4) is 0 Å². The largest absolute Gasteiger partial charge is 0.377 e. The molecule has 2 aromatic rings. The summed E-state index contributed by atoms with van der Waals surface area (Å²) in [4.78, 5) is 0. The van der Waals surface area contributed by atoms with Crippen molar-refractivity contribution in [2.75, 3.05) is 5.32 Å². The molecule has 1 aliphatic carbocycles. The van der Waals surface area contributed by atoms with Gasteiger partial charge in [0, 0.05) is 4.47 Å². The number of hydrogen-bond acceptors (Lipinski definition) is 2.